The molecule has 0 saturated heterocycles. The fraction of sp³-hybridized carbons (Fsp3) is 0.500. The van der Waals surface area contributed by atoms with Crippen molar-refractivity contribution in [1.82, 2.24) is 0 Å². The van der Waals surface area contributed by atoms with E-state index in [-0.39, 0.29) is 11.4 Å². The molecule has 0 heterocycles. The van der Waals surface area contributed by atoms with Gasteiger partial charge in [0.15, 0.2) is 0 Å². The van der Waals surface area contributed by atoms with Crippen LogP contribution in [0.15, 0.2) is 18.2 Å². The molecule has 1 aliphatic rings. The fourth-order valence-electron chi connectivity index (χ4n) is 2.75. The van der Waals surface area contributed by atoms with Crippen LogP contribution in [0.3, 0.4) is 0 Å². The highest BCUT2D eigenvalue weighted by Crippen LogP contribution is 2.34. The zero-order valence-corrected chi connectivity index (χ0v) is 11.5. The van der Waals surface area contributed by atoms with E-state index in [0.717, 1.165) is 43.9 Å². The van der Waals surface area contributed by atoms with Gasteiger partial charge in [-0.3, -0.25) is 10.1 Å². The molecule has 0 unspecified atom stereocenters. The van der Waals surface area contributed by atoms with Gasteiger partial charge in [-0.15, -0.1) is 0 Å². The van der Waals surface area contributed by atoms with Crippen LogP contribution in [0, 0.1) is 15.9 Å². The lowest BCUT2D eigenvalue weighted by atomic mass is 9.89. The lowest BCUT2D eigenvalue weighted by molar-refractivity contribution is -0.384. The molecule has 21 heavy (non-hydrogen) atoms. The van der Waals surface area contributed by atoms with Crippen LogP contribution in [-0.4, -0.2) is 21.5 Å². The van der Waals surface area contributed by atoms with Gasteiger partial charge in [-0.2, -0.15) is 0 Å². The largest absolute Gasteiger partial charge is 0.480 e. The summed E-state index contributed by atoms with van der Waals surface area (Å²) in [6, 6.07) is 3.02. The van der Waals surface area contributed by atoms with E-state index >= 15 is 0 Å². The first-order chi connectivity index (χ1) is 9.94. The van der Waals surface area contributed by atoms with Gasteiger partial charge in [0.05, 0.1) is 4.92 Å². The van der Waals surface area contributed by atoms with Gasteiger partial charge in [0.1, 0.15) is 17.0 Å². The molecule has 114 valence electrons. The smallest absolute Gasteiger partial charge is 0.329 e. The van der Waals surface area contributed by atoms with Crippen molar-refractivity contribution >= 4 is 17.3 Å². The maximum atomic E-state index is 13.4. The number of rotatable bonds is 4. The molecule has 0 atom stereocenters. The lowest BCUT2D eigenvalue weighted by Gasteiger charge is -2.30. The highest BCUT2D eigenvalue weighted by Gasteiger charge is 2.40. The highest BCUT2D eigenvalue weighted by molar-refractivity contribution is 5.84. The summed E-state index contributed by atoms with van der Waals surface area (Å²) in [7, 11) is 0. The van der Waals surface area contributed by atoms with Crippen LogP contribution in [0.4, 0.5) is 15.8 Å². The van der Waals surface area contributed by atoms with Gasteiger partial charge in [-0.1, -0.05) is 25.7 Å². The number of anilines is 1. The Hall–Kier alpha value is -2.18. The molecule has 2 rings (SSSR count). The molecule has 0 radical (unpaired) electrons. The van der Waals surface area contributed by atoms with E-state index in [9.17, 15) is 24.4 Å². The van der Waals surface area contributed by atoms with Crippen molar-refractivity contribution < 1.29 is 19.2 Å². The zero-order chi connectivity index (χ0) is 15.5. The summed E-state index contributed by atoms with van der Waals surface area (Å²) in [6.07, 6.45) is 4.06. The normalized spacial score (nSPS) is 17.8. The van der Waals surface area contributed by atoms with Gasteiger partial charge in [-0.05, 0) is 18.9 Å². The first-order valence-corrected chi connectivity index (χ1v) is 6.90. The van der Waals surface area contributed by atoms with Crippen molar-refractivity contribution in [2.45, 2.75) is 44.1 Å². The van der Waals surface area contributed by atoms with Gasteiger partial charge < -0.3 is 10.4 Å². The van der Waals surface area contributed by atoms with Gasteiger partial charge in [0.2, 0.25) is 0 Å². The number of hydrogen-bond acceptors (Lipinski definition) is 4. The van der Waals surface area contributed by atoms with Crippen molar-refractivity contribution in [3.05, 3.63) is 34.1 Å². The second-order valence-electron chi connectivity index (χ2n) is 5.35. The number of halogens is 1. The molecule has 1 fully saturated rings. The third kappa shape index (κ3) is 3.29. The summed E-state index contributed by atoms with van der Waals surface area (Å²) >= 11 is 0. The number of nitro benzene ring substituents is 1. The van der Waals surface area contributed by atoms with E-state index in [1.165, 1.54) is 0 Å². The molecule has 0 aromatic heterocycles. The lowest BCUT2D eigenvalue weighted by Crippen LogP contribution is -2.46. The van der Waals surface area contributed by atoms with Crippen LogP contribution in [0.1, 0.15) is 38.5 Å². The van der Waals surface area contributed by atoms with Gasteiger partial charge in [0, 0.05) is 12.1 Å². The van der Waals surface area contributed by atoms with Crippen LogP contribution in [0.2, 0.25) is 0 Å². The van der Waals surface area contributed by atoms with E-state index in [1.54, 1.807) is 0 Å². The van der Waals surface area contributed by atoms with Gasteiger partial charge in [0.25, 0.3) is 5.69 Å². The van der Waals surface area contributed by atoms with Crippen molar-refractivity contribution in [3.63, 3.8) is 0 Å². The molecule has 1 aromatic rings. The summed E-state index contributed by atoms with van der Waals surface area (Å²) < 4.78 is 13.4. The average molecular weight is 296 g/mol. The Labute approximate surface area is 121 Å². The van der Waals surface area contributed by atoms with Crippen molar-refractivity contribution in [2.75, 3.05) is 5.32 Å². The van der Waals surface area contributed by atoms with Crippen molar-refractivity contribution in [2.24, 2.45) is 0 Å². The average Bonchev–Trinajstić information content (AvgIpc) is 2.65. The predicted octanol–water partition coefficient (Wildman–Crippen LogP) is 3.32. The monoisotopic (exact) mass is 296 g/mol. The Morgan fingerprint density at radius 2 is 1.90 bits per heavy atom. The number of benzene rings is 1. The molecule has 1 aliphatic carbocycles. The molecular weight excluding hydrogens is 279 g/mol. The number of nitrogens with one attached hydrogen (secondary N) is 1. The van der Waals surface area contributed by atoms with Crippen LogP contribution in [0.5, 0.6) is 0 Å². The molecule has 0 bridgehead atoms. The van der Waals surface area contributed by atoms with Crippen molar-refractivity contribution in [3.8, 4) is 0 Å². The Bertz CT molecular complexity index is 554. The minimum absolute atomic E-state index is 0.0794. The molecule has 6 nitrogen and oxygen atoms in total. The van der Waals surface area contributed by atoms with E-state index < -0.39 is 22.2 Å². The maximum absolute atomic E-state index is 13.4. The van der Waals surface area contributed by atoms with Crippen LogP contribution in [-0.2, 0) is 4.79 Å². The van der Waals surface area contributed by atoms with E-state index in [4.69, 9.17) is 0 Å². The second-order valence-corrected chi connectivity index (χ2v) is 5.35. The molecule has 0 aliphatic heterocycles. The molecule has 1 aromatic carbocycles. The number of aliphatic carboxylic acids is 1. The third-order valence-corrected chi connectivity index (χ3v) is 3.90. The number of nitrogens with zero attached hydrogens (tertiary/aromatic N) is 1. The molecule has 0 spiro atoms. The summed E-state index contributed by atoms with van der Waals surface area (Å²) in [5.41, 5.74) is -1.67. The standard InChI is InChI=1S/C14H17FN2O4/c15-10-5-6-12(17(20)21)11(9-10)16-14(13(18)19)7-3-1-2-4-8-14/h5-6,9,16H,1-4,7-8H2,(H,18,19). The summed E-state index contributed by atoms with van der Waals surface area (Å²) in [6.45, 7) is 0. The van der Waals surface area contributed by atoms with Crippen LogP contribution >= 0.6 is 0 Å². The molecule has 2 N–H and O–H groups in total. The first-order valence-electron chi connectivity index (χ1n) is 6.90. The quantitative estimate of drug-likeness (QED) is 0.505. The molecular formula is C14H17FN2O4. The molecule has 0 amide bonds. The topological polar surface area (TPSA) is 92.5 Å². The predicted molar refractivity (Wildman–Crippen MR) is 74.7 cm³/mol. The Morgan fingerprint density at radius 1 is 1.29 bits per heavy atom. The Kier molecular flexibility index (Phi) is 4.40. The number of hydrogen-bond donors (Lipinski definition) is 2. The first kappa shape index (κ1) is 15.2. The third-order valence-electron chi connectivity index (χ3n) is 3.90. The minimum atomic E-state index is -1.27. The SMILES string of the molecule is O=C(O)C1(Nc2cc(F)ccc2[N+](=O)[O-])CCCCCC1. The van der Waals surface area contributed by atoms with E-state index in [0.29, 0.717) is 12.8 Å². The van der Waals surface area contributed by atoms with Crippen LogP contribution < -0.4 is 5.32 Å². The minimum Gasteiger partial charge on any atom is -0.480 e. The number of nitro groups is 1. The summed E-state index contributed by atoms with van der Waals surface area (Å²) in [4.78, 5) is 22.0. The van der Waals surface area contributed by atoms with E-state index in [2.05, 4.69) is 5.32 Å². The fourth-order valence-corrected chi connectivity index (χ4v) is 2.75. The number of carboxylic acid groups (broad SMARTS) is 1. The Balaban J connectivity index is 2.39. The van der Waals surface area contributed by atoms with Crippen molar-refractivity contribution in [1.29, 1.82) is 0 Å². The van der Waals surface area contributed by atoms with Gasteiger partial charge >= 0.3 is 5.97 Å². The zero-order valence-electron chi connectivity index (χ0n) is 11.5. The summed E-state index contributed by atoms with van der Waals surface area (Å²) in [5, 5.41) is 23.3. The number of carbonyl (C=O) groups is 1. The molecule has 7 heteroatoms. The maximum Gasteiger partial charge on any atom is 0.329 e. The number of carboxylic acids is 1. The second kappa shape index (κ2) is 6.07. The van der Waals surface area contributed by atoms with Crippen LogP contribution in [0.25, 0.3) is 0 Å². The van der Waals surface area contributed by atoms with E-state index in [1.807, 2.05) is 0 Å². The molecule has 1 saturated carbocycles. The van der Waals surface area contributed by atoms with Gasteiger partial charge in [-0.25, -0.2) is 9.18 Å². The highest BCUT2D eigenvalue weighted by atomic mass is 19.1. The Morgan fingerprint density at radius 3 is 2.43 bits per heavy atom. The summed E-state index contributed by atoms with van der Waals surface area (Å²) in [5.74, 6) is -1.69.